The molecule has 0 heterocycles. The van der Waals surface area contributed by atoms with E-state index in [0.29, 0.717) is 6.29 Å². The van der Waals surface area contributed by atoms with Crippen molar-refractivity contribution in [3.8, 4) is 0 Å². The fourth-order valence-corrected chi connectivity index (χ4v) is 0.0958. The van der Waals surface area contributed by atoms with Gasteiger partial charge in [-0.1, -0.05) is 0 Å². The third-order valence-corrected chi connectivity index (χ3v) is 0.303. The summed E-state index contributed by atoms with van der Waals surface area (Å²) in [6.45, 7) is 1.33. The minimum Gasteiger partial charge on any atom is -0.338 e. The minimum atomic E-state index is -0.204. The maximum Gasteiger partial charge on any atom is 0.00194 e. The van der Waals surface area contributed by atoms with Gasteiger partial charge in [0.1, 0.15) is 0 Å². The quantitative estimate of drug-likeness (QED) is 0.223. The maximum absolute atomic E-state index is 9.76. The summed E-state index contributed by atoms with van der Waals surface area (Å²) < 4.78 is 0. The van der Waals surface area contributed by atoms with Gasteiger partial charge in [-0.2, -0.15) is 0 Å². The Morgan fingerprint density at radius 2 is 1.50 bits per heavy atom. The van der Waals surface area contributed by atoms with Crippen LogP contribution in [0.4, 0.5) is 0 Å². The van der Waals surface area contributed by atoms with E-state index in [1.54, 1.807) is 0 Å². The van der Waals surface area contributed by atoms with E-state index in [-0.39, 0.29) is 90.0 Å². The fourth-order valence-electron chi connectivity index (χ4n) is 0.0958. The molecule has 58 valence electrons. The summed E-state index contributed by atoms with van der Waals surface area (Å²) >= 11 is 0. The van der Waals surface area contributed by atoms with Gasteiger partial charge in [-0.15, -0.1) is 0 Å². The predicted octanol–water partition coefficient (Wildman–Crippen LogP) is -0.0314. The molecule has 0 saturated carbocycles. The third kappa shape index (κ3) is 32.5. The zero-order chi connectivity index (χ0) is 4.99. The van der Waals surface area contributed by atoms with Crippen LogP contribution in [-0.4, -0.2) is 12.1 Å². The van der Waals surface area contributed by atoms with Gasteiger partial charge in [0.15, 0.2) is 0 Å². The average Bonchev–Trinajstić information content (AvgIpc) is 1.35. The monoisotopic (exact) mass is 821 g/mol. The third-order valence-electron chi connectivity index (χ3n) is 0.303. The Kier molecular flexibility index (Phi) is 66.6. The summed E-state index contributed by atoms with van der Waals surface area (Å²) in [5.41, 5.74) is 0. The van der Waals surface area contributed by atoms with Crippen LogP contribution >= 0.6 is 0 Å². The van der Waals surface area contributed by atoms with Gasteiger partial charge in [0, 0.05) is 90.0 Å². The smallest absolute Gasteiger partial charge is 0.00194 e. The van der Waals surface area contributed by atoms with E-state index in [1.165, 1.54) is 6.92 Å². The van der Waals surface area contributed by atoms with Crippen LogP contribution in [-0.2, 0) is 93.9 Å². The van der Waals surface area contributed by atoms with Gasteiger partial charge in [-0.25, -0.2) is 0 Å². The second-order valence-electron chi connectivity index (χ2n) is 0.913. The molecule has 0 radical (unpaired) electrons. The molecule has 0 bridgehead atoms. The first-order valence-electron chi connectivity index (χ1n) is 1.56. The summed E-state index contributed by atoms with van der Waals surface area (Å²) in [4.78, 5) is 19.1. The minimum absolute atomic E-state index is 0. The summed E-state index contributed by atoms with van der Waals surface area (Å²) in [5, 5.41) is 0. The van der Waals surface area contributed by atoms with Crippen LogP contribution in [0.15, 0.2) is 0 Å². The van der Waals surface area contributed by atoms with Crippen molar-refractivity contribution in [1.29, 1.82) is 0 Å². The number of carbonyl (C=O) groups is 2. The molecule has 0 spiro atoms. The zero-order valence-corrected chi connectivity index (χ0v) is 16.8. The number of rotatable bonds is 2. The molecule has 0 N–H and O–H groups in total. The number of hydrogen-bond donors (Lipinski definition) is 0. The normalized spacial score (nSPS) is 4.10. The van der Waals surface area contributed by atoms with Gasteiger partial charge in [-0.05, 0) is 13.2 Å². The van der Waals surface area contributed by atoms with Crippen LogP contribution in [0.25, 0.3) is 0 Å². The molecule has 0 aliphatic carbocycles. The van der Waals surface area contributed by atoms with Gasteiger partial charge in [-0.3, -0.25) is 6.42 Å². The standard InChI is InChI=1S/C4H5O2.4W/c1-4(6)2-3-5;;;;/h2-3H,1H3;;;;/q-1;;;;. The molecule has 0 fully saturated rings. The van der Waals surface area contributed by atoms with Crippen LogP contribution in [0.1, 0.15) is 6.92 Å². The first kappa shape index (κ1) is 29.7. The van der Waals surface area contributed by atoms with Crippen molar-refractivity contribution < 1.29 is 93.9 Å². The second-order valence-corrected chi connectivity index (χ2v) is 0.913. The van der Waals surface area contributed by atoms with E-state index in [4.69, 9.17) is 0 Å². The Morgan fingerprint density at radius 1 is 1.20 bits per heavy atom. The number of aldehydes is 1. The molecule has 2 nitrogen and oxygen atoms in total. The van der Waals surface area contributed by atoms with E-state index in [9.17, 15) is 9.59 Å². The molecule has 0 saturated heterocycles. The van der Waals surface area contributed by atoms with E-state index in [0.717, 1.165) is 6.42 Å². The van der Waals surface area contributed by atoms with E-state index >= 15 is 0 Å². The molecule has 0 atom stereocenters. The molecule has 0 amide bonds. The summed E-state index contributed by atoms with van der Waals surface area (Å²) in [7, 11) is 0. The van der Waals surface area contributed by atoms with E-state index in [2.05, 4.69) is 0 Å². The molecule has 0 rings (SSSR count). The molecule has 6 heteroatoms. The number of carbonyl (C=O) groups excluding carboxylic acids is 2. The molecule has 10 heavy (non-hydrogen) atoms. The molecule has 0 aromatic rings. The fraction of sp³-hybridized carbons (Fsp3) is 0.250. The van der Waals surface area contributed by atoms with Crippen LogP contribution in [0.3, 0.4) is 0 Å². The molecule has 0 aromatic carbocycles. The zero-order valence-electron chi connectivity index (χ0n) is 5.10. The van der Waals surface area contributed by atoms with Crippen molar-refractivity contribution in [1.82, 2.24) is 0 Å². The Bertz CT molecular complexity index is 75.7. The molecular formula is C4H5O2W4-. The van der Waals surface area contributed by atoms with Crippen molar-refractivity contribution in [2.24, 2.45) is 0 Å². The van der Waals surface area contributed by atoms with Crippen LogP contribution in [0, 0.1) is 6.42 Å². The average molecular weight is 820 g/mol. The molecule has 0 aromatic heterocycles. The van der Waals surface area contributed by atoms with E-state index < -0.39 is 0 Å². The van der Waals surface area contributed by atoms with Crippen LogP contribution in [0.5, 0.6) is 0 Å². The van der Waals surface area contributed by atoms with E-state index in [1.807, 2.05) is 0 Å². The van der Waals surface area contributed by atoms with Gasteiger partial charge < -0.3 is 9.59 Å². The molecular weight excluding hydrogens is 815 g/mol. The Morgan fingerprint density at radius 3 is 1.50 bits per heavy atom. The first-order chi connectivity index (χ1) is 2.77. The van der Waals surface area contributed by atoms with Crippen molar-refractivity contribution in [2.45, 2.75) is 6.92 Å². The van der Waals surface area contributed by atoms with Crippen LogP contribution in [0.2, 0.25) is 0 Å². The molecule has 0 unspecified atom stereocenters. The van der Waals surface area contributed by atoms with Gasteiger partial charge in [0.05, 0.1) is 0 Å². The molecule has 0 aliphatic rings. The molecule has 0 aliphatic heterocycles. The SMILES string of the molecule is CC(=O)[CH-]C=O.[W].[W].[W].[W]. The first-order valence-corrected chi connectivity index (χ1v) is 1.56. The summed E-state index contributed by atoms with van der Waals surface area (Å²) in [5.74, 6) is -0.204. The predicted molar refractivity (Wildman–Crippen MR) is 21.0 cm³/mol. The largest absolute Gasteiger partial charge is 0.338 e. The van der Waals surface area contributed by atoms with Crippen molar-refractivity contribution >= 4 is 12.1 Å². The topological polar surface area (TPSA) is 34.1 Å². The number of ketones is 1. The van der Waals surface area contributed by atoms with Crippen molar-refractivity contribution in [3.05, 3.63) is 6.42 Å². The number of Topliss-reactive ketones (excluding diaryl/α,β-unsaturated/α-hetero) is 1. The Hall–Kier alpha value is 1.96. The van der Waals surface area contributed by atoms with Crippen LogP contribution < -0.4 is 0 Å². The van der Waals surface area contributed by atoms with Crippen molar-refractivity contribution in [2.75, 3.05) is 0 Å². The van der Waals surface area contributed by atoms with Gasteiger partial charge >= 0.3 is 0 Å². The van der Waals surface area contributed by atoms with Crippen molar-refractivity contribution in [3.63, 3.8) is 0 Å². The second kappa shape index (κ2) is 22.4. The summed E-state index contributed by atoms with van der Waals surface area (Å²) in [6.07, 6.45) is 1.45. The maximum atomic E-state index is 9.76. The Balaban J connectivity index is -0.0000000208. The summed E-state index contributed by atoms with van der Waals surface area (Å²) in [6, 6.07) is 0. The Labute approximate surface area is 118 Å². The van der Waals surface area contributed by atoms with Gasteiger partial charge in [0.25, 0.3) is 0 Å². The van der Waals surface area contributed by atoms with Gasteiger partial charge in [0.2, 0.25) is 0 Å². The number of hydrogen-bond acceptors (Lipinski definition) is 2.